The van der Waals surface area contributed by atoms with Crippen LogP contribution in [0, 0.1) is 18.3 Å². The van der Waals surface area contributed by atoms with Gasteiger partial charge in [-0.3, -0.25) is 0 Å². The van der Waals surface area contributed by atoms with Gasteiger partial charge in [0, 0.05) is 41.3 Å². The maximum absolute atomic E-state index is 14.4. The number of nitrogens with zero attached hydrogens (tertiary/aromatic N) is 1. The first kappa shape index (κ1) is 25.1. The quantitative estimate of drug-likeness (QED) is 0.492. The van der Waals surface area contributed by atoms with E-state index in [9.17, 15) is 27.6 Å². The maximum atomic E-state index is 14.4. The second-order valence-corrected chi connectivity index (χ2v) is 12.1. The molecule has 1 aliphatic heterocycles. The number of ether oxygens (including phenoxy) is 1. The summed E-state index contributed by atoms with van der Waals surface area (Å²) in [4.78, 5) is 3.17. The van der Waals surface area contributed by atoms with E-state index in [2.05, 4.69) is 11.1 Å². The SMILES string of the molecule is Cc1cc(C#N)cc2[nH]c(CC(O)(CC(C)(C)c3cc(S(C)(=O)=O)cc4c3OCC4)C(F)F)cc12. The van der Waals surface area contributed by atoms with Gasteiger partial charge in [0.15, 0.2) is 9.84 Å². The van der Waals surface area contributed by atoms with Crippen LogP contribution in [-0.2, 0) is 28.1 Å². The van der Waals surface area contributed by atoms with Crippen molar-refractivity contribution in [2.45, 2.75) is 62.4 Å². The fourth-order valence-electron chi connectivity index (χ4n) is 5.04. The van der Waals surface area contributed by atoms with Crippen LogP contribution in [0.1, 0.15) is 48.2 Å². The highest BCUT2D eigenvalue weighted by Gasteiger charge is 2.45. The first-order valence-corrected chi connectivity index (χ1v) is 13.2. The van der Waals surface area contributed by atoms with Crippen LogP contribution >= 0.6 is 0 Å². The molecule has 4 rings (SSSR count). The Kier molecular flexibility index (Phi) is 6.18. The van der Waals surface area contributed by atoms with Gasteiger partial charge in [-0.15, -0.1) is 0 Å². The molecule has 0 saturated carbocycles. The number of aryl methyl sites for hydroxylation is 1. The van der Waals surface area contributed by atoms with Crippen LogP contribution in [-0.4, -0.2) is 43.4 Å². The average molecular weight is 503 g/mol. The standard InChI is InChI=1S/C26H28F2N2O4S/c1-15-7-16(13-29)8-22-20(15)10-18(30-22)12-26(31,24(27)28)14-25(2,3)21-11-19(35(4,32)33)9-17-5-6-34-23(17)21/h7-11,24,30-31H,5-6,12,14H2,1-4H3. The molecule has 0 bridgehead atoms. The molecule has 186 valence electrons. The molecule has 0 amide bonds. The molecular weight excluding hydrogens is 474 g/mol. The highest BCUT2D eigenvalue weighted by molar-refractivity contribution is 7.90. The normalized spacial score (nSPS) is 15.6. The third-order valence-corrected chi connectivity index (χ3v) is 7.79. The Morgan fingerprint density at radius 3 is 2.57 bits per heavy atom. The Morgan fingerprint density at radius 2 is 1.94 bits per heavy atom. The van der Waals surface area contributed by atoms with E-state index in [-0.39, 0.29) is 17.7 Å². The van der Waals surface area contributed by atoms with Crippen LogP contribution in [0.5, 0.6) is 5.75 Å². The largest absolute Gasteiger partial charge is 0.493 e. The minimum absolute atomic E-state index is 0.102. The molecule has 0 radical (unpaired) electrons. The molecule has 1 aliphatic rings. The highest BCUT2D eigenvalue weighted by atomic mass is 32.2. The molecule has 1 atom stereocenters. The van der Waals surface area contributed by atoms with Gasteiger partial charge in [-0.1, -0.05) is 13.8 Å². The van der Waals surface area contributed by atoms with E-state index in [1.807, 2.05) is 6.92 Å². The number of aromatic amines is 1. The van der Waals surface area contributed by atoms with E-state index in [1.165, 1.54) is 6.07 Å². The zero-order valence-corrected chi connectivity index (χ0v) is 20.9. The molecule has 6 nitrogen and oxygen atoms in total. The molecular formula is C26H28F2N2O4S. The number of hydrogen-bond acceptors (Lipinski definition) is 5. The summed E-state index contributed by atoms with van der Waals surface area (Å²) < 4.78 is 59.1. The number of hydrogen-bond donors (Lipinski definition) is 2. The summed E-state index contributed by atoms with van der Waals surface area (Å²) in [6.45, 7) is 5.62. The number of nitrogens with one attached hydrogen (secondary N) is 1. The Morgan fingerprint density at radius 1 is 1.23 bits per heavy atom. The molecule has 1 aromatic heterocycles. The smallest absolute Gasteiger partial charge is 0.267 e. The number of nitriles is 1. The number of H-pyrrole nitrogens is 1. The van der Waals surface area contributed by atoms with Crippen molar-refractivity contribution in [3.63, 3.8) is 0 Å². The number of rotatable bonds is 7. The minimum Gasteiger partial charge on any atom is -0.493 e. The van der Waals surface area contributed by atoms with Gasteiger partial charge >= 0.3 is 0 Å². The Bertz CT molecular complexity index is 1450. The molecule has 0 fully saturated rings. The van der Waals surface area contributed by atoms with Crippen LogP contribution in [0.25, 0.3) is 10.9 Å². The fraction of sp³-hybridized carbons (Fsp3) is 0.423. The molecule has 0 saturated heterocycles. The van der Waals surface area contributed by atoms with Crippen molar-refractivity contribution in [2.75, 3.05) is 12.9 Å². The number of aromatic nitrogens is 1. The van der Waals surface area contributed by atoms with Crippen LogP contribution in [0.2, 0.25) is 0 Å². The first-order chi connectivity index (χ1) is 16.2. The van der Waals surface area contributed by atoms with E-state index in [0.29, 0.717) is 41.1 Å². The van der Waals surface area contributed by atoms with E-state index in [4.69, 9.17) is 4.74 Å². The molecule has 0 aliphatic carbocycles. The number of alkyl halides is 2. The summed E-state index contributed by atoms with van der Waals surface area (Å²) in [6.07, 6.45) is -2.11. The number of benzene rings is 2. The van der Waals surface area contributed by atoms with Gasteiger partial charge < -0.3 is 14.8 Å². The van der Waals surface area contributed by atoms with Crippen LogP contribution in [0.15, 0.2) is 35.2 Å². The number of fused-ring (bicyclic) bond motifs is 2. The van der Waals surface area contributed by atoms with Crippen molar-refractivity contribution in [3.05, 3.63) is 58.3 Å². The fourth-order valence-corrected chi connectivity index (χ4v) is 5.73. The van der Waals surface area contributed by atoms with Gasteiger partial charge in [0.25, 0.3) is 6.43 Å². The second kappa shape index (κ2) is 8.61. The van der Waals surface area contributed by atoms with Crippen molar-refractivity contribution in [3.8, 4) is 11.8 Å². The average Bonchev–Trinajstić information content (AvgIpc) is 3.38. The van der Waals surface area contributed by atoms with Gasteiger partial charge in [0.05, 0.1) is 23.1 Å². The summed E-state index contributed by atoms with van der Waals surface area (Å²) >= 11 is 0. The van der Waals surface area contributed by atoms with E-state index in [0.717, 1.165) is 22.8 Å². The summed E-state index contributed by atoms with van der Waals surface area (Å²) in [5, 5.41) is 21.2. The van der Waals surface area contributed by atoms with Gasteiger partial charge in [-0.05, 0) is 60.2 Å². The topological polar surface area (TPSA) is 103 Å². The maximum Gasteiger partial charge on any atom is 0.267 e. The third-order valence-electron chi connectivity index (χ3n) is 6.70. The van der Waals surface area contributed by atoms with Gasteiger partial charge in [0.1, 0.15) is 11.4 Å². The molecule has 0 spiro atoms. The number of aliphatic hydroxyl groups is 1. The number of halogens is 2. The van der Waals surface area contributed by atoms with Crippen molar-refractivity contribution in [1.82, 2.24) is 4.98 Å². The second-order valence-electron chi connectivity index (χ2n) is 10.1. The van der Waals surface area contributed by atoms with Crippen LogP contribution in [0.3, 0.4) is 0 Å². The van der Waals surface area contributed by atoms with Crippen molar-refractivity contribution in [2.24, 2.45) is 0 Å². The lowest BCUT2D eigenvalue weighted by Crippen LogP contribution is -2.45. The molecule has 2 aromatic carbocycles. The van der Waals surface area contributed by atoms with Crippen molar-refractivity contribution >= 4 is 20.7 Å². The van der Waals surface area contributed by atoms with Gasteiger partial charge in [0.2, 0.25) is 0 Å². The molecule has 35 heavy (non-hydrogen) atoms. The Labute approximate surface area is 203 Å². The lowest BCUT2D eigenvalue weighted by Gasteiger charge is -2.37. The first-order valence-electron chi connectivity index (χ1n) is 11.3. The van der Waals surface area contributed by atoms with E-state index < -0.39 is 27.3 Å². The third kappa shape index (κ3) is 4.78. The lowest BCUT2D eigenvalue weighted by atomic mass is 9.73. The van der Waals surface area contributed by atoms with Crippen LogP contribution in [0.4, 0.5) is 8.78 Å². The summed E-state index contributed by atoms with van der Waals surface area (Å²) in [6, 6.07) is 10.2. The summed E-state index contributed by atoms with van der Waals surface area (Å²) in [5.41, 5.74) is 0.108. The Hall–Kier alpha value is -2.96. The van der Waals surface area contributed by atoms with E-state index in [1.54, 1.807) is 38.1 Å². The van der Waals surface area contributed by atoms with Crippen molar-refractivity contribution in [1.29, 1.82) is 5.26 Å². The lowest BCUT2D eigenvalue weighted by molar-refractivity contribution is -0.110. The highest BCUT2D eigenvalue weighted by Crippen LogP contribution is 2.44. The summed E-state index contributed by atoms with van der Waals surface area (Å²) in [7, 11) is -3.53. The predicted octanol–water partition coefficient (Wildman–Crippen LogP) is 4.59. The minimum atomic E-state index is -3.53. The molecule has 3 aromatic rings. The van der Waals surface area contributed by atoms with E-state index >= 15 is 0 Å². The van der Waals surface area contributed by atoms with Crippen LogP contribution < -0.4 is 4.74 Å². The van der Waals surface area contributed by atoms with Gasteiger partial charge in [-0.2, -0.15) is 5.26 Å². The molecule has 1 unspecified atom stereocenters. The number of sulfone groups is 1. The summed E-state index contributed by atoms with van der Waals surface area (Å²) in [5.74, 6) is 0.504. The molecule has 9 heteroatoms. The van der Waals surface area contributed by atoms with Crippen molar-refractivity contribution < 1.29 is 27.0 Å². The monoisotopic (exact) mass is 502 g/mol. The zero-order chi connectivity index (χ0) is 25.8. The molecule has 2 heterocycles. The predicted molar refractivity (Wildman–Crippen MR) is 129 cm³/mol. The molecule has 2 N–H and O–H groups in total. The zero-order valence-electron chi connectivity index (χ0n) is 20.1. The van der Waals surface area contributed by atoms with Gasteiger partial charge in [-0.25, -0.2) is 17.2 Å². The Balaban J connectivity index is 1.73.